The molecule has 8 heteroatoms. The summed E-state index contributed by atoms with van der Waals surface area (Å²) in [4.78, 5) is 0. The lowest BCUT2D eigenvalue weighted by atomic mass is 9.89. The monoisotopic (exact) mass is 414 g/mol. The molecule has 0 N–H and O–H groups in total. The van der Waals surface area contributed by atoms with E-state index in [-0.39, 0.29) is 6.79 Å². The Labute approximate surface area is 173 Å². The highest BCUT2D eigenvalue weighted by molar-refractivity contribution is 5.94. The Balaban J connectivity index is 1.72. The third-order valence-electron chi connectivity index (χ3n) is 5.60. The zero-order valence-corrected chi connectivity index (χ0v) is 17.1. The van der Waals surface area contributed by atoms with Gasteiger partial charge in [0, 0.05) is 14.2 Å². The van der Waals surface area contributed by atoms with Gasteiger partial charge in [0.1, 0.15) is 18.0 Å². The van der Waals surface area contributed by atoms with E-state index in [1.165, 1.54) is 0 Å². The molecule has 0 radical (unpaired) electrons. The summed E-state index contributed by atoms with van der Waals surface area (Å²) >= 11 is 0. The van der Waals surface area contributed by atoms with Crippen molar-refractivity contribution in [3.63, 3.8) is 0 Å². The molecule has 0 fully saturated rings. The second-order valence-corrected chi connectivity index (χ2v) is 6.98. The Morgan fingerprint density at radius 2 is 1.70 bits per heavy atom. The highest BCUT2D eigenvalue weighted by atomic mass is 16.7. The van der Waals surface area contributed by atoms with Crippen LogP contribution in [0.2, 0.25) is 0 Å². The predicted molar refractivity (Wildman–Crippen MR) is 106 cm³/mol. The van der Waals surface area contributed by atoms with Crippen molar-refractivity contribution in [3.8, 4) is 28.7 Å². The molecule has 8 nitrogen and oxygen atoms in total. The summed E-state index contributed by atoms with van der Waals surface area (Å²) in [5.41, 5.74) is 2.14. The molecule has 2 aliphatic heterocycles. The van der Waals surface area contributed by atoms with Gasteiger partial charge in [0.25, 0.3) is 0 Å². The normalized spacial score (nSPS) is 21.9. The molecule has 1 aromatic heterocycles. The second-order valence-electron chi connectivity index (χ2n) is 6.98. The molecule has 158 valence electrons. The molecular weight excluding hydrogens is 392 g/mol. The van der Waals surface area contributed by atoms with Gasteiger partial charge in [0.15, 0.2) is 28.9 Å². The lowest BCUT2D eigenvalue weighted by Crippen LogP contribution is -2.37. The number of methoxy groups -OCH3 is 4. The number of hydrogen-bond acceptors (Lipinski definition) is 8. The van der Waals surface area contributed by atoms with Crippen LogP contribution in [0, 0.1) is 0 Å². The molecule has 3 heterocycles. The third-order valence-corrected chi connectivity index (χ3v) is 5.60. The maximum atomic E-state index is 6.53. The summed E-state index contributed by atoms with van der Waals surface area (Å²) in [6.07, 6.45) is 0.206. The Morgan fingerprint density at radius 3 is 2.43 bits per heavy atom. The van der Waals surface area contributed by atoms with E-state index in [1.54, 1.807) is 34.7 Å². The van der Waals surface area contributed by atoms with Crippen molar-refractivity contribution < 1.29 is 37.6 Å². The molecule has 2 aliphatic rings. The molecule has 30 heavy (non-hydrogen) atoms. The molecular formula is C22H22O8. The van der Waals surface area contributed by atoms with Gasteiger partial charge in [-0.05, 0) is 23.8 Å². The van der Waals surface area contributed by atoms with E-state index in [1.807, 2.05) is 24.3 Å². The van der Waals surface area contributed by atoms with Crippen molar-refractivity contribution >= 4 is 11.0 Å². The van der Waals surface area contributed by atoms with Gasteiger partial charge >= 0.3 is 0 Å². The fraction of sp³-hybridized carbons (Fsp3) is 0.364. The van der Waals surface area contributed by atoms with E-state index in [4.69, 9.17) is 37.6 Å². The van der Waals surface area contributed by atoms with Gasteiger partial charge in [0.2, 0.25) is 12.5 Å². The Morgan fingerprint density at radius 1 is 0.900 bits per heavy atom. The van der Waals surface area contributed by atoms with Gasteiger partial charge in [-0.25, -0.2) is 0 Å². The zero-order chi connectivity index (χ0) is 20.8. The average molecular weight is 414 g/mol. The van der Waals surface area contributed by atoms with Crippen LogP contribution in [0.1, 0.15) is 23.3 Å². The number of benzene rings is 2. The van der Waals surface area contributed by atoms with Crippen LogP contribution < -0.4 is 23.7 Å². The highest BCUT2D eigenvalue weighted by Crippen LogP contribution is 2.55. The third kappa shape index (κ3) is 2.60. The largest absolute Gasteiger partial charge is 0.492 e. The first-order valence-electron chi connectivity index (χ1n) is 9.48. The van der Waals surface area contributed by atoms with Gasteiger partial charge < -0.3 is 37.6 Å². The smallest absolute Gasteiger partial charge is 0.231 e. The first kappa shape index (κ1) is 18.9. The number of fused-ring (bicyclic) bond motifs is 4. The van der Waals surface area contributed by atoms with Crippen LogP contribution in [-0.4, -0.2) is 41.3 Å². The molecule has 3 unspecified atom stereocenters. The van der Waals surface area contributed by atoms with Crippen molar-refractivity contribution in [1.29, 1.82) is 0 Å². The lowest BCUT2D eigenvalue weighted by molar-refractivity contribution is -0.106. The first-order valence-corrected chi connectivity index (χ1v) is 9.48. The van der Waals surface area contributed by atoms with Crippen molar-refractivity contribution in [1.82, 2.24) is 0 Å². The zero-order valence-electron chi connectivity index (χ0n) is 17.1. The summed E-state index contributed by atoms with van der Waals surface area (Å²) < 4.78 is 46.3. The van der Waals surface area contributed by atoms with Crippen LogP contribution in [0.3, 0.4) is 0 Å². The van der Waals surface area contributed by atoms with Gasteiger partial charge in [-0.3, -0.25) is 0 Å². The molecule has 3 atom stereocenters. The molecule has 0 amide bonds. The highest BCUT2D eigenvalue weighted by Gasteiger charge is 2.44. The topological polar surface area (TPSA) is 77.8 Å². The first-order chi connectivity index (χ1) is 14.7. The second kappa shape index (κ2) is 7.30. The van der Waals surface area contributed by atoms with Gasteiger partial charge in [-0.1, -0.05) is 6.07 Å². The molecule has 0 spiro atoms. The van der Waals surface area contributed by atoms with Crippen LogP contribution in [0.4, 0.5) is 0 Å². The standard InChI is InChI=1S/C22H22O8/c1-23-19-15-17(12-7-8-27-18(12)22(26-4)20(15)24-2)30-16(21(19)25-3)11-5-6-13-14(9-11)29-10-28-13/h5-9,16,19,21H,10H2,1-4H3. The summed E-state index contributed by atoms with van der Waals surface area (Å²) in [6, 6.07) is 7.55. The summed E-state index contributed by atoms with van der Waals surface area (Å²) in [5.74, 6) is 2.97. The Kier molecular flexibility index (Phi) is 4.60. The SMILES string of the molecule is COc1c2c(c3ccoc3c1OC)OC(c1ccc3c(c1)OCO3)C(OC)C2OC. The number of ether oxygens (including phenoxy) is 7. The molecule has 0 saturated carbocycles. The quantitative estimate of drug-likeness (QED) is 0.620. The lowest BCUT2D eigenvalue weighted by Gasteiger charge is -2.39. The molecule has 3 aromatic rings. The maximum Gasteiger partial charge on any atom is 0.231 e. The molecule has 5 rings (SSSR count). The van der Waals surface area contributed by atoms with Gasteiger partial charge in [-0.2, -0.15) is 0 Å². The maximum absolute atomic E-state index is 6.53. The van der Waals surface area contributed by atoms with E-state index < -0.39 is 18.3 Å². The van der Waals surface area contributed by atoms with Gasteiger partial charge in [-0.15, -0.1) is 0 Å². The number of furan rings is 1. The Hall–Kier alpha value is -3.10. The minimum atomic E-state index is -0.475. The van der Waals surface area contributed by atoms with Gasteiger partial charge in [0.05, 0.1) is 31.4 Å². The van der Waals surface area contributed by atoms with E-state index in [9.17, 15) is 0 Å². The van der Waals surface area contributed by atoms with E-state index in [2.05, 4.69) is 0 Å². The van der Waals surface area contributed by atoms with Crippen LogP contribution in [0.5, 0.6) is 28.7 Å². The van der Waals surface area contributed by atoms with Crippen LogP contribution in [-0.2, 0) is 9.47 Å². The number of hydrogen-bond donors (Lipinski definition) is 0. The average Bonchev–Trinajstić information content (AvgIpc) is 3.45. The van der Waals surface area contributed by atoms with E-state index in [0.29, 0.717) is 34.3 Å². The molecule has 0 saturated heterocycles. The van der Waals surface area contributed by atoms with Crippen LogP contribution >= 0.6 is 0 Å². The summed E-state index contributed by atoms with van der Waals surface area (Å²) in [5, 5.41) is 0.769. The molecule has 0 aliphatic carbocycles. The van der Waals surface area contributed by atoms with Crippen molar-refractivity contribution in [2.24, 2.45) is 0 Å². The predicted octanol–water partition coefficient (Wildman–Crippen LogP) is 4.01. The van der Waals surface area contributed by atoms with E-state index in [0.717, 1.165) is 16.5 Å². The van der Waals surface area contributed by atoms with Crippen molar-refractivity contribution in [2.75, 3.05) is 35.2 Å². The van der Waals surface area contributed by atoms with Crippen LogP contribution in [0.25, 0.3) is 11.0 Å². The van der Waals surface area contributed by atoms with Crippen molar-refractivity contribution in [3.05, 3.63) is 41.7 Å². The fourth-order valence-corrected chi connectivity index (χ4v) is 4.28. The Bertz CT molecular complexity index is 1090. The molecule has 0 bridgehead atoms. The summed E-state index contributed by atoms with van der Waals surface area (Å²) in [6.45, 7) is 0.203. The van der Waals surface area contributed by atoms with E-state index >= 15 is 0 Å². The summed E-state index contributed by atoms with van der Waals surface area (Å²) in [7, 11) is 6.41. The minimum Gasteiger partial charge on any atom is -0.492 e. The fourth-order valence-electron chi connectivity index (χ4n) is 4.28. The minimum absolute atomic E-state index is 0.203. The number of rotatable bonds is 5. The van der Waals surface area contributed by atoms with Crippen molar-refractivity contribution in [2.45, 2.75) is 18.3 Å². The van der Waals surface area contributed by atoms with Crippen LogP contribution in [0.15, 0.2) is 34.9 Å². The molecule has 2 aromatic carbocycles.